The molecular weight excluding hydrogens is 402 g/mol. The lowest BCUT2D eigenvalue weighted by Crippen LogP contribution is -2.53. The number of carbonyl (C=O) groups is 2. The van der Waals surface area contributed by atoms with E-state index in [9.17, 15) is 19.7 Å². The van der Waals surface area contributed by atoms with E-state index in [2.05, 4.69) is 0 Å². The molecule has 1 spiro atoms. The number of thioether (sulfide) groups is 1. The van der Waals surface area contributed by atoms with Crippen LogP contribution in [0.2, 0.25) is 0 Å². The Balaban J connectivity index is 1.46. The van der Waals surface area contributed by atoms with E-state index in [1.165, 1.54) is 18.2 Å². The van der Waals surface area contributed by atoms with Crippen LogP contribution in [0, 0.1) is 17.0 Å². The van der Waals surface area contributed by atoms with Crippen LogP contribution in [0.25, 0.3) is 0 Å². The van der Waals surface area contributed by atoms with Gasteiger partial charge in [0.1, 0.15) is 0 Å². The molecule has 0 N–H and O–H groups in total. The number of nitrogens with zero attached hydrogens (tertiary/aromatic N) is 3. The summed E-state index contributed by atoms with van der Waals surface area (Å²) in [6, 6.07) is 13.5. The van der Waals surface area contributed by atoms with Crippen molar-refractivity contribution in [3.05, 3.63) is 75.3 Å². The summed E-state index contributed by atoms with van der Waals surface area (Å²) < 4.78 is 0. The minimum atomic E-state index is -0.494. The molecule has 0 bridgehead atoms. The maximum Gasteiger partial charge on any atom is 0.270 e. The van der Waals surface area contributed by atoms with Gasteiger partial charge in [-0.25, -0.2) is 0 Å². The molecule has 2 aliphatic heterocycles. The minimum absolute atomic E-state index is 0.0402. The van der Waals surface area contributed by atoms with Gasteiger partial charge in [-0.05, 0) is 38.0 Å². The molecule has 7 nitrogen and oxygen atoms in total. The molecule has 0 radical (unpaired) electrons. The van der Waals surface area contributed by atoms with E-state index in [-0.39, 0.29) is 22.4 Å². The van der Waals surface area contributed by atoms with Gasteiger partial charge in [-0.15, -0.1) is 11.8 Å². The summed E-state index contributed by atoms with van der Waals surface area (Å²) in [7, 11) is 0. The predicted octanol–water partition coefficient (Wildman–Crippen LogP) is 3.72. The summed E-state index contributed by atoms with van der Waals surface area (Å²) in [5.41, 5.74) is 2.05. The fourth-order valence-corrected chi connectivity index (χ4v) is 5.61. The van der Waals surface area contributed by atoms with Gasteiger partial charge >= 0.3 is 0 Å². The Morgan fingerprint density at radius 1 is 1.00 bits per heavy atom. The zero-order valence-corrected chi connectivity index (χ0v) is 17.6. The first-order valence-corrected chi connectivity index (χ1v) is 10.9. The van der Waals surface area contributed by atoms with Crippen LogP contribution >= 0.6 is 11.8 Å². The van der Waals surface area contributed by atoms with Gasteiger partial charge in [-0.2, -0.15) is 0 Å². The molecule has 156 valence electrons. The van der Waals surface area contributed by atoms with Gasteiger partial charge < -0.3 is 9.80 Å². The van der Waals surface area contributed by atoms with Crippen LogP contribution in [0.3, 0.4) is 0 Å². The van der Waals surface area contributed by atoms with Gasteiger partial charge in [-0.1, -0.05) is 23.8 Å². The van der Waals surface area contributed by atoms with Crippen LogP contribution < -0.4 is 0 Å². The highest BCUT2D eigenvalue weighted by atomic mass is 32.2. The second-order valence-corrected chi connectivity index (χ2v) is 9.17. The molecule has 0 unspecified atom stereocenters. The summed E-state index contributed by atoms with van der Waals surface area (Å²) in [4.78, 5) is 39.9. The summed E-state index contributed by atoms with van der Waals surface area (Å²) in [6.07, 6.45) is 1.38. The van der Waals surface area contributed by atoms with Crippen LogP contribution in [-0.2, 0) is 0 Å². The monoisotopic (exact) mass is 425 g/mol. The number of nitro groups is 1. The number of non-ortho nitro benzene ring substituents is 1. The lowest BCUT2D eigenvalue weighted by Gasteiger charge is -2.44. The number of amides is 2. The first-order valence-electron chi connectivity index (χ1n) is 9.96. The molecule has 0 saturated carbocycles. The Morgan fingerprint density at radius 3 is 2.37 bits per heavy atom. The number of benzene rings is 2. The Labute approximate surface area is 179 Å². The molecule has 2 saturated heterocycles. The van der Waals surface area contributed by atoms with Crippen LogP contribution in [0.5, 0.6) is 0 Å². The molecule has 8 heteroatoms. The number of rotatable bonds is 3. The maximum absolute atomic E-state index is 13.1. The van der Waals surface area contributed by atoms with Crippen molar-refractivity contribution in [2.45, 2.75) is 24.6 Å². The summed E-state index contributed by atoms with van der Waals surface area (Å²) >= 11 is 1.79. The minimum Gasteiger partial charge on any atom is -0.338 e. The summed E-state index contributed by atoms with van der Waals surface area (Å²) in [6.45, 7) is 3.74. The van der Waals surface area contributed by atoms with Gasteiger partial charge in [0.2, 0.25) is 0 Å². The molecule has 0 atom stereocenters. The normalized spacial score (nSPS) is 17.9. The van der Waals surface area contributed by atoms with Crippen molar-refractivity contribution in [2.75, 3.05) is 25.4 Å². The van der Waals surface area contributed by atoms with Crippen molar-refractivity contribution < 1.29 is 14.5 Å². The lowest BCUT2D eigenvalue weighted by molar-refractivity contribution is -0.384. The van der Waals surface area contributed by atoms with E-state index in [4.69, 9.17) is 0 Å². The second-order valence-electron chi connectivity index (χ2n) is 7.72. The molecule has 0 aliphatic carbocycles. The molecule has 2 fully saturated rings. The lowest BCUT2D eigenvalue weighted by atomic mass is 10.00. The molecule has 0 aromatic heterocycles. The molecule has 2 aromatic rings. The molecule has 2 aromatic carbocycles. The Bertz CT molecular complexity index is 984. The highest BCUT2D eigenvalue weighted by molar-refractivity contribution is 8.00. The van der Waals surface area contributed by atoms with Crippen molar-refractivity contribution >= 4 is 29.3 Å². The van der Waals surface area contributed by atoms with E-state index in [1.54, 1.807) is 22.7 Å². The van der Waals surface area contributed by atoms with Gasteiger partial charge in [0.05, 0.1) is 9.79 Å². The number of nitro benzene ring substituents is 1. The first-order chi connectivity index (χ1) is 14.4. The first kappa shape index (κ1) is 20.4. The second kappa shape index (κ2) is 8.10. The van der Waals surface area contributed by atoms with Crippen molar-refractivity contribution in [3.63, 3.8) is 0 Å². The maximum atomic E-state index is 13.1. The Morgan fingerprint density at radius 2 is 1.70 bits per heavy atom. The molecule has 4 rings (SSSR count). The number of piperidine rings is 1. The van der Waals surface area contributed by atoms with E-state index in [0.29, 0.717) is 43.6 Å². The number of hydrogen-bond donors (Lipinski definition) is 0. The van der Waals surface area contributed by atoms with E-state index < -0.39 is 4.92 Å². The number of hydrogen-bond acceptors (Lipinski definition) is 5. The van der Waals surface area contributed by atoms with Crippen LogP contribution in [0.15, 0.2) is 48.5 Å². The summed E-state index contributed by atoms with van der Waals surface area (Å²) in [5.74, 6) is 0.725. The Kier molecular flexibility index (Phi) is 5.51. The van der Waals surface area contributed by atoms with Crippen LogP contribution in [0.4, 0.5) is 5.69 Å². The molecule has 30 heavy (non-hydrogen) atoms. The average molecular weight is 426 g/mol. The Hall–Kier alpha value is -2.87. The van der Waals surface area contributed by atoms with Gasteiger partial charge in [0.25, 0.3) is 17.5 Å². The molecule has 2 amide bonds. The number of likely N-dealkylation sites (tertiary alicyclic amines) is 1. The van der Waals surface area contributed by atoms with E-state index in [1.807, 2.05) is 36.1 Å². The van der Waals surface area contributed by atoms with Crippen molar-refractivity contribution in [1.29, 1.82) is 0 Å². The highest BCUT2D eigenvalue weighted by Gasteiger charge is 2.47. The smallest absolute Gasteiger partial charge is 0.270 e. The van der Waals surface area contributed by atoms with Crippen LogP contribution in [0.1, 0.15) is 39.1 Å². The van der Waals surface area contributed by atoms with Crippen molar-refractivity contribution in [1.82, 2.24) is 9.80 Å². The van der Waals surface area contributed by atoms with Crippen LogP contribution in [-0.4, -0.2) is 56.8 Å². The zero-order chi connectivity index (χ0) is 21.3. The predicted molar refractivity (Wildman–Crippen MR) is 116 cm³/mol. The van der Waals surface area contributed by atoms with E-state index >= 15 is 0 Å². The fourth-order valence-electron chi connectivity index (χ4n) is 4.16. The quantitative estimate of drug-likeness (QED) is 0.553. The highest BCUT2D eigenvalue weighted by Crippen LogP contribution is 2.44. The number of carbonyl (C=O) groups excluding carboxylic acids is 2. The third-order valence-corrected chi connectivity index (χ3v) is 7.41. The SMILES string of the molecule is Cc1ccc(C(=O)N2CCSC23CCN(C(=O)c2cccc([N+](=O)[O-])c2)CC3)cc1. The molecular formula is C22H23N3O4S. The topological polar surface area (TPSA) is 83.8 Å². The standard InChI is InChI=1S/C22H23N3O4S/c1-16-5-7-17(8-6-16)21(27)24-13-14-30-22(24)9-11-23(12-10-22)20(26)18-3-2-4-19(15-18)25(28)29/h2-8,15H,9-14H2,1H3. The van der Waals surface area contributed by atoms with Crippen molar-refractivity contribution in [3.8, 4) is 0 Å². The van der Waals surface area contributed by atoms with Gasteiger partial charge in [-0.3, -0.25) is 19.7 Å². The average Bonchev–Trinajstić information content (AvgIpc) is 3.16. The van der Waals surface area contributed by atoms with E-state index in [0.717, 1.165) is 11.3 Å². The van der Waals surface area contributed by atoms with Crippen molar-refractivity contribution in [2.24, 2.45) is 0 Å². The third kappa shape index (κ3) is 3.79. The van der Waals surface area contributed by atoms with Gasteiger partial charge in [0, 0.05) is 48.6 Å². The largest absolute Gasteiger partial charge is 0.338 e. The molecule has 2 heterocycles. The zero-order valence-electron chi connectivity index (χ0n) is 16.7. The fraction of sp³-hybridized carbons (Fsp3) is 0.364. The van der Waals surface area contributed by atoms with Gasteiger partial charge in [0.15, 0.2) is 0 Å². The summed E-state index contributed by atoms with van der Waals surface area (Å²) in [5, 5.41) is 11.0. The number of aryl methyl sites for hydroxylation is 1. The third-order valence-electron chi connectivity index (χ3n) is 5.86. The molecule has 2 aliphatic rings.